The molecule has 13 heteroatoms. The highest BCUT2D eigenvalue weighted by molar-refractivity contribution is 6.02. The lowest BCUT2D eigenvalue weighted by molar-refractivity contribution is -0.172. The molecule has 3 aromatic rings. The fourth-order valence-corrected chi connectivity index (χ4v) is 7.02. The van der Waals surface area contributed by atoms with Crippen molar-refractivity contribution in [3.63, 3.8) is 0 Å². The van der Waals surface area contributed by atoms with Gasteiger partial charge in [-0.25, -0.2) is 9.78 Å². The topological polar surface area (TPSA) is 178 Å². The number of pyridine rings is 2. The third-order valence-electron chi connectivity index (χ3n) is 9.74. The average molecular weight is 660 g/mol. The van der Waals surface area contributed by atoms with Crippen LogP contribution >= 0.6 is 0 Å². The first-order valence-electron chi connectivity index (χ1n) is 16.4. The minimum absolute atomic E-state index is 0.0644. The number of fused-ring (bicyclic) bond motifs is 5. The second-order valence-corrected chi connectivity index (χ2v) is 13.1. The smallest absolute Gasteiger partial charge is 0.343 e. The standard InChI is InChI=1S/C35H41N5O8/c1-6-35(46)23-14-26-30-21(15-40(26)33(44)22(23)16-48-34(35)45)19-8-7-9-20-24(10-11-25(37-30)28(19)20)38-31(42)18(4)36-32(43)29(17(2)3)39-27(41)12-13-47-5/h10-11,14,17-18,29,46H,6-9,12-13,15-16H2,1-5H3,(H,36,43)(H,38,42)(H,39,41)/t18-,29-,35-/m0/s1. The van der Waals surface area contributed by atoms with Crippen molar-refractivity contribution in [3.8, 4) is 11.4 Å². The van der Waals surface area contributed by atoms with Gasteiger partial charge in [0.1, 0.15) is 18.7 Å². The molecule has 0 radical (unpaired) electrons. The number of nitrogens with zero attached hydrogens (tertiary/aromatic N) is 2. The van der Waals surface area contributed by atoms with E-state index in [1.54, 1.807) is 30.5 Å². The zero-order valence-corrected chi connectivity index (χ0v) is 27.8. The number of aliphatic hydroxyl groups is 1. The van der Waals surface area contributed by atoms with E-state index in [9.17, 15) is 29.1 Å². The summed E-state index contributed by atoms with van der Waals surface area (Å²) < 4.78 is 11.8. The van der Waals surface area contributed by atoms with Crippen LogP contribution in [-0.2, 0) is 60.2 Å². The number of ether oxygens (including phenoxy) is 2. The van der Waals surface area contributed by atoms with E-state index in [4.69, 9.17) is 14.5 Å². The van der Waals surface area contributed by atoms with Crippen molar-refractivity contribution in [2.45, 2.75) is 90.6 Å². The number of nitrogens with one attached hydrogen (secondary N) is 3. The summed E-state index contributed by atoms with van der Waals surface area (Å²) in [7, 11) is 1.50. The average Bonchev–Trinajstić information content (AvgIpc) is 3.44. The summed E-state index contributed by atoms with van der Waals surface area (Å²) >= 11 is 0. The van der Waals surface area contributed by atoms with Crippen molar-refractivity contribution < 1.29 is 33.8 Å². The number of hydrogen-bond donors (Lipinski definition) is 4. The minimum Gasteiger partial charge on any atom is -0.458 e. The van der Waals surface area contributed by atoms with Crippen molar-refractivity contribution in [1.82, 2.24) is 20.2 Å². The van der Waals surface area contributed by atoms with Crippen LogP contribution in [0.2, 0.25) is 0 Å². The molecule has 0 spiro atoms. The number of methoxy groups -OCH3 is 1. The van der Waals surface area contributed by atoms with Crippen molar-refractivity contribution >= 4 is 40.3 Å². The van der Waals surface area contributed by atoms with Gasteiger partial charge in [-0.15, -0.1) is 0 Å². The van der Waals surface area contributed by atoms with E-state index in [-0.39, 0.29) is 54.6 Å². The van der Waals surface area contributed by atoms with E-state index in [2.05, 4.69) is 16.0 Å². The van der Waals surface area contributed by atoms with E-state index < -0.39 is 35.5 Å². The van der Waals surface area contributed by atoms with Crippen LogP contribution in [0.25, 0.3) is 22.3 Å². The quantitative estimate of drug-likeness (QED) is 0.186. The molecule has 0 saturated heterocycles. The fourth-order valence-electron chi connectivity index (χ4n) is 7.02. The molecule has 0 unspecified atom stereocenters. The van der Waals surface area contributed by atoms with Gasteiger partial charge in [0.25, 0.3) is 5.56 Å². The van der Waals surface area contributed by atoms with Gasteiger partial charge in [-0.3, -0.25) is 19.2 Å². The predicted molar refractivity (Wildman–Crippen MR) is 176 cm³/mol. The highest BCUT2D eigenvalue weighted by atomic mass is 16.6. The summed E-state index contributed by atoms with van der Waals surface area (Å²) in [6.45, 7) is 7.24. The number of benzene rings is 1. The number of cyclic esters (lactones) is 1. The van der Waals surface area contributed by atoms with Gasteiger partial charge in [0.2, 0.25) is 17.7 Å². The molecular weight excluding hydrogens is 618 g/mol. The van der Waals surface area contributed by atoms with Gasteiger partial charge < -0.3 is 35.1 Å². The second-order valence-electron chi connectivity index (χ2n) is 13.1. The lowest BCUT2D eigenvalue weighted by Gasteiger charge is -2.31. The van der Waals surface area contributed by atoms with Gasteiger partial charge in [0.05, 0.1) is 35.6 Å². The number of amides is 3. The van der Waals surface area contributed by atoms with Gasteiger partial charge in [-0.05, 0) is 67.9 Å². The second kappa shape index (κ2) is 12.8. The lowest BCUT2D eigenvalue weighted by atomic mass is 9.85. The van der Waals surface area contributed by atoms with E-state index in [0.717, 1.165) is 34.9 Å². The van der Waals surface area contributed by atoms with Gasteiger partial charge in [-0.1, -0.05) is 20.8 Å². The molecule has 13 nitrogen and oxygen atoms in total. The number of aryl methyl sites for hydroxylation is 2. The van der Waals surface area contributed by atoms with Gasteiger partial charge >= 0.3 is 5.97 Å². The first-order valence-corrected chi connectivity index (χ1v) is 16.4. The summed E-state index contributed by atoms with van der Waals surface area (Å²) in [5.74, 6) is -2.14. The molecule has 0 bridgehead atoms. The number of anilines is 1. The molecule has 1 aliphatic carbocycles. The fraction of sp³-hybridized carbons (Fsp3) is 0.486. The predicted octanol–water partition coefficient (Wildman–Crippen LogP) is 2.19. The zero-order chi connectivity index (χ0) is 34.5. The highest BCUT2D eigenvalue weighted by Crippen LogP contribution is 2.43. The minimum atomic E-state index is -1.90. The summed E-state index contributed by atoms with van der Waals surface area (Å²) in [5.41, 5.74) is 3.75. The van der Waals surface area contributed by atoms with Crippen LogP contribution < -0.4 is 21.5 Å². The van der Waals surface area contributed by atoms with E-state index in [1.165, 1.54) is 7.11 Å². The molecule has 2 aromatic heterocycles. The van der Waals surface area contributed by atoms with Crippen molar-refractivity contribution in [3.05, 3.63) is 56.4 Å². The van der Waals surface area contributed by atoms with Crippen molar-refractivity contribution in [2.24, 2.45) is 5.92 Å². The lowest BCUT2D eigenvalue weighted by Crippen LogP contribution is -2.53. The Morgan fingerprint density at radius 3 is 2.52 bits per heavy atom. The Kier molecular flexibility index (Phi) is 8.86. The van der Waals surface area contributed by atoms with E-state index in [0.29, 0.717) is 35.6 Å². The maximum absolute atomic E-state index is 13.7. The largest absolute Gasteiger partial charge is 0.458 e. The Bertz CT molecular complexity index is 1920. The summed E-state index contributed by atoms with van der Waals surface area (Å²) in [5, 5.41) is 20.6. The molecule has 2 aliphatic heterocycles. The van der Waals surface area contributed by atoms with Crippen LogP contribution in [0.4, 0.5) is 5.69 Å². The number of esters is 1. The molecule has 6 rings (SSSR count). The zero-order valence-electron chi connectivity index (χ0n) is 27.8. The van der Waals surface area contributed by atoms with Crippen LogP contribution in [0.15, 0.2) is 23.0 Å². The molecular formula is C35H41N5O8. The first-order chi connectivity index (χ1) is 22.9. The molecule has 1 aromatic carbocycles. The highest BCUT2D eigenvalue weighted by Gasteiger charge is 2.45. The SMILES string of the molecule is CC[C@@]1(O)C(=O)OCc2c1cc1n(c2=O)Cc2c-1nc1ccc(NC(=O)[C@H](C)NC(=O)[C@@H](NC(=O)CCOC)C(C)C)c3c1c2CCC3. The Hall–Kier alpha value is -4.62. The first kappa shape index (κ1) is 33.3. The van der Waals surface area contributed by atoms with Crippen molar-refractivity contribution in [2.75, 3.05) is 19.0 Å². The third-order valence-corrected chi connectivity index (χ3v) is 9.74. The summed E-state index contributed by atoms with van der Waals surface area (Å²) in [6, 6.07) is 3.64. The molecule has 4 N–H and O–H groups in total. The maximum Gasteiger partial charge on any atom is 0.343 e. The Balaban J connectivity index is 1.28. The Morgan fingerprint density at radius 1 is 1.06 bits per heavy atom. The van der Waals surface area contributed by atoms with Crippen LogP contribution in [0.3, 0.4) is 0 Å². The van der Waals surface area contributed by atoms with Crippen LogP contribution in [0, 0.1) is 5.92 Å². The molecule has 0 fully saturated rings. The van der Waals surface area contributed by atoms with Crippen LogP contribution in [0.1, 0.15) is 74.8 Å². The molecule has 4 heterocycles. The molecule has 3 aliphatic rings. The molecule has 0 saturated carbocycles. The Morgan fingerprint density at radius 2 is 1.81 bits per heavy atom. The van der Waals surface area contributed by atoms with Gasteiger partial charge in [0.15, 0.2) is 5.60 Å². The normalized spacial score (nSPS) is 18.8. The number of aromatic nitrogens is 2. The molecule has 3 amide bonds. The maximum atomic E-state index is 13.7. The summed E-state index contributed by atoms with van der Waals surface area (Å²) in [4.78, 5) is 69.9. The number of rotatable bonds is 10. The molecule has 254 valence electrons. The van der Waals surface area contributed by atoms with Crippen molar-refractivity contribution in [1.29, 1.82) is 0 Å². The van der Waals surface area contributed by atoms with Crippen LogP contribution in [0.5, 0.6) is 0 Å². The number of carbonyl (C=O) groups is 4. The third kappa shape index (κ3) is 5.54. The van der Waals surface area contributed by atoms with Gasteiger partial charge in [-0.2, -0.15) is 0 Å². The molecule has 3 atom stereocenters. The number of hydrogen-bond acceptors (Lipinski definition) is 9. The Labute approximate surface area is 277 Å². The van der Waals surface area contributed by atoms with Gasteiger partial charge in [0, 0.05) is 35.7 Å². The van der Waals surface area contributed by atoms with E-state index >= 15 is 0 Å². The molecule has 48 heavy (non-hydrogen) atoms. The monoisotopic (exact) mass is 659 g/mol. The van der Waals surface area contributed by atoms with E-state index in [1.807, 2.05) is 19.9 Å². The number of carbonyl (C=O) groups excluding carboxylic acids is 4. The summed E-state index contributed by atoms with van der Waals surface area (Å²) in [6.07, 6.45) is 2.46. The van der Waals surface area contributed by atoms with Crippen LogP contribution in [-0.4, -0.2) is 64.1 Å².